The van der Waals surface area contributed by atoms with Gasteiger partial charge in [-0.15, -0.1) is 0 Å². The smallest absolute Gasteiger partial charge is 0.00642 e. The van der Waals surface area contributed by atoms with E-state index in [4.69, 9.17) is 0 Å². The number of rotatable bonds is 7. The van der Waals surface area contributed by atoms with E-state index in [9.17, 15) is 0 Å². The molecule has 0 amide bonds. The molecular formula is C14H30N2. The average Bonchev–Trinajstić information content (AvgIpc) is 2.34. The summed E-state index contributed by atoms with van der Waals surface area (Å²) < 4.78 is 0. The highest BCUT2D eigenvalue weighted by molar-refractivity contribution is 4.69. The Bertz CT molecular complexity index is 160. The average molecular weight is 226 g/mol. The first-order valence-corrected chi connectivity index (χ1v) is 7.19. The number of hydrogen-bond donors (Lipinski definition) is 1. The first-order chi connectivity index (χ1) is 7.74. The molecular weight excluding hydrogens is 196 g/mol. The van der Waals surface area contributed by atoms with Gasteiger partial charge in [0.25, 0.3) is 0 Å². The summed E-state index contributed by atoms with van der Waals surface area (Å²) in [5.74, 6) is 0.801. The lowest BCUT2D eigenvalue weighted by molar-refractivity contribution is 0.223. The molecule has 16 heavy (non-hydrogen) atoms. The van der Waals surface area contributed by atoms with Crippen molar-refractivity contribution in [2.75, 3.05) is 26.2 Å². The van der Waals surface area contributed by atoms with E-state index >= 15 is 0 Å². The Hall–Kier alpha value is -0.0800. The third kappa shape index (κ3) is 5.31. The Morgan fingerprint density at radius 3 is 2.44 bits per heavy atom. The van der Waals surface area contributed by atoms with Gasteiger partial charge in [-0.1, -0.05) is 26.7 Å². The van der Waals surface area contributed by atoms with Crippen molar-refractivity contribution in [1.82, 2.24) is 10.2 Å². The Morgan fingerprint density at radius 1 is 1.12 bits per heavy atom. The first-order valence-electron chi connectivity index (χ1n) is 7.19. The molecule has 0 aromatic carbocycles. The van der Waals surface area contributed by atoms with Gasteiger partial charge >= 0.3 is 0 Å². The van der Waals surface area contributed by atoms with Gasteiger partial charge in [0, 0.05) is 6.04 Å². The second kappa shape index (κ2) is 8.08. The van der Waals surface area contributed by atoms with Crippen LogP contribution in [0.1, 0.15) is 52.9 Å². The molecule has 2 nitrogen and oxygen atoms in total. The monoisotopic (exact) mass is 226 g/mol. The number of nitrogens with one attached hydrogen (secondary N) is 1. The Labute approximate surface area is 102 Å². The Balaban J connectivity index is 1.98. The summed E-state index contributed by atoms with van der Waals surface area (Å²) in [5, 5.41) is 3.65. The Kier molecular flexibility index (Phi) is 7.06. The van der Waals surface area contributed by atoms with Gasteiger partial charge in [-0.25, -0.2) is 0 Å². The molecule has 1 aliphatic rings. The molecule has 0 radical (unpaired) electrons. The van der Waals surface area contributed by atoms with Crippen LogP contribution >= 0.6 is 0 Å². The molecule has 96 valence electrons. The van der Waals surface area contributed by atoms with Crippen LogP contribution in [0, 0.1) is 5.92 Å². The van der Waals surface area contributed by atoms with Crippen molar-refractivity contribution in [2.24, 2.45) is 5.92 Å². The summed E-state index contributed by atoms with van der Waals surface area (Å²) in [4.78, 5) is 2.62. The highest BCUT2D eigenvalue weighted by Gasteiger charge is 2.11. The van der Waals surface area contributed by atoms with E-state index in [1.165, 1.54) is 58.3 Å². The minimum atomic E-state index is 0.673. The zero-order valence-corrected chi connectivity index (χ0v) is 11.5. The van der Waals surface area contributed by atoms with E-state index in [2.05, 4.69) is 31.0 Å². The first kappa shape index (κ1) is 14.0. The highest BCUT2D eigenvalue weighted by Crippen LogP contribution is 2.09. The maximum Gasteiger partial charge on any atom is 0.00642 e. The molecule has 0 spiro atoms. The zero-order chi connectivity index (χ0) is 11.8. The van der Waals surface area contributed by atoms with Gasteiger partial charge in [0.1, 0.15) is 0 Å². The van der Waals surface area contributed by atoms with Gasteiger partial charge in [0.05, 0.1) is 0 Å². The van der Waals surface area contributed by atoms with Gasteiger partial charge in [0.2, 0.25) is 0 Å². The third-order valence-electron chi connectivity index (χ3n) is 4.06. The minimum Gasteiger partial charge on any atom is -0.314 e. The van der Waals surface area contributed by atoms with Gasteiger partial charge in [0.15, 0.2) is 0 Å². The highest BCUT2D eigenvalue weighted by atomic mass is 15.1. The van der Waals surface area contributed by atoms with E-state index in [-0.39, 0.29) is 0 Å². The van der Waals surface area contributed by atoms with Gasteiger partial charge in [-0.3, -0.25) is 0 Å². The quantitative estimate of drug-likeness (QED) is 0.672. The zero-order valence-electron chi connectivity index (χ0n) is 11.5. The standard InChI is InChI=1S/C14H30N2/c1-4-13(2)14(3)15-9-8-12-16-10-6-5-7-11-16/h13-15H,4-12H2,1-3H3. The number of nitrogens with zero attached hydrogens (tertiary/aromatic N) is 1. The van der Waals surface area contributed by atoms with Crippen LogP contribution in [0.15, 0.2) is 0 Å². The summed E-state index contributed by atoms with van der Waals surface area (Å²) in [6.07, 6.45) is 6.86. The Morgan fingerprint density at radius 2 is 1.81 bits per heavy atom. The normalized spacial score (nSPS) is 21.9. The fourth-order valence-electron chi connectivity index (χ4n) is 2.37. The van der Waals surface area contributed by atoms with Crippen LogP contribution in [-0.2, 0) is 0 Å². The SMILES string of the molecule is CCC(C)C(C)NCCCN1CCCCC1. The van der Waals surface area contributed by atoms with Crippen molar-refractivity contribution < 1.29 is 0 Å². The molecule has 1 saturated heterocycles. The second-order valence-corrected chi connectivity index (χ2v) is 5.38. The summed E-state index contributed by atoms with van der Waals surface area (Å²) in [6.45, 7) is 12.1. The predicted molar refractivity (Wildman–Crippen MR) is 71.8 cm³/mol. The number of piperidine rings is 1. The van der Waals surface area contributed by atoms with Crippen molar-refractivity contribution in [3.05, 3.63) is 0 Å². The van der Waals surface area contributed by atoms with Crippen LogP contribution in [0.25, 0.3) is 0 Å². The van der Waals surface area contributed by atoms with Crippen LogP contribution in [-0.4, -0.2) is 37.1 Å². The van der Waals surface area contributed by atoms with E-state index in [0.29, 0.717) is 6.04 Å². The summed E-state index contributed by atoms with van der Waals surface area (Å²) >= 11 is 0. The largest absolute Gasteiger partial charge is 0.314 e. The summed E-state index contributed by atoms with van der Waals surface area (Å²) in [7, 11) is 0. The number of hydrogen-bond acceptors (Lipinski definition) is 2. The molecule has 0 bridgehead atoms. The molecule has 0 saturated carbocycles. The fourth-order valence-corrected chi connectivity index (χ4v) is 2.37. The van der Waals surface area contributed by atoms with Crippen LogP contribution in [0.4, 0.5) is 0 Å². The maximum atomic E-state index is 3.65. The molecule has 1 fully saturated rings. The molecule has 0 aromatic rings. The fraction of sp³-hybridized carbons (Fsp3) is 1.00. The van der Waals surface area contributed by atoms with Crippen molar-refractivity contribution in [2.45, 2.75) is 58.9 Å². The minimum absolute atomic E-state index is 0.673. The van der Waals surface area contributed by atoms with Crippen molar-refractivity contribution in [3.63, 3.8) is 0 Å². The van der Waals surface area contributed by atoms with Crippen molar-refractivity contribution in [3.8, 4) is 0 Å². The van der Waals surface area contributed by atoms with Crippen LogP contribution in [0.3, 0.4) is 0 Å². The van der Waals surface area contributed by atoms with Crippen LogP contribution in [0.5, 0.6) is 0 Å². The summed E-state index contributed by atoms with van der Waals surface area (Å²) in [6, 6.07) is 0.673. The molecule has 1 N–H and O–H groups in total. The number of likely N-dealkylation sites (tertiary alicyclic amines) is 1. The van der Waals surface area contributed by atoms with E-state index < -0.39 is 0 Å². The molecule has 0 aliphatic carbocycles. The lowest BCUT2D eigenvalue weighted by Crippen LogP contribution is -2.36. The van der Waals surface area contributed by atoms with Crippen LogP contribution in [0.2, 0.25) is 0 Å². The lowest BCUT2D eigenvalue weighted by Gasteiger charge is -2.27. The maximum absolute atomic E-state index is 3.65. The van der Waals surface area contributed by atoms with E-state index in [1.54, 1.807) is 0 Å². The topological polar surface area (TPSA) is 15.3 Å². The predicted octanol–water partition coefficient (Wildman–Crippen LogP) is 2.89. The van der Waals surface area contributed by atoms with Crippen LogP contribution < -0.4 is 5.32 Å². The third-order valence-corrected chi connectivity index (χ3v) is 4.06. The van der Waals surface area contributed by atoms with E-state index in [1.807, 2.05) is 0 Å². The molecule has 1 heterocycles. The van der Waals surface area contributed by atoms with Crippen molar-refractivity contribution >= 4 is 0 Å². The molecule has 2 unspecified atom stereocenters. The molecule has 1 rings (SSSR count). The molecule has 0 aromatic heterocycles. The van der Waals surface area contributed by atoms with Gasteiger partial charge < -0.3 is 10.2 Å². The van der Waals surface area contributed by atoms with E-state index in [0.717, 1.165) is 5.92 Å². The lowest BCUT2D eigenvalue weighted by atomic mass is 10.0. The molecule has 1 aliphatic heterocycles. The molecule has 2 heteroatoms. The second-order valence-electron chi connectivity index (χ2n) is 5.38. The summed E-state index contributed by atoms with van der Waals surface area (Å²) in [5.41, 5.74) is 0. The molecule has 2 atom stereocenters. The van der Waals surface area contributed by atoms with Gasteiger partial charge in [-0.05, 0) is 58.3 Å². The van der Waals surface area contributed by atoms with Crippen molar-refractivity contribution in [1.29, 1.82) is 0 Å². The van der Waals surface area contributed by atoms with Gasteiger partial charge in [-0.2, -0.15) is 0 Å².